The molecule has 0 bridgehead atoms. The molecule has 0 spiro atoms. The average molecular weight is 335 g/mol. The molecule has 1 atom stereocenters. The Morgan fingerprint density at radius 2 is 2.20 bits per heavy atom. The maximum Gasteiger partial charge on any atom is 0.185 e. The minimum Gasteiger partial charge on any atom is -0.356 e. The van der Waals surface area contributed by atoms with Gasteiger partial charge in [0.15, 0.2) is 11.4 Å². The van der Waals surface area contributed by atoms with Crippen molar-refractivity contribution in [3.63, 3.8) is 0 Å². The molecular formula is C19H21N5O. The van der Waals surface area contributed by atoms with Crippen molar-refractivity contribution >= 4 is 17.2 Å². The first kappa shape index (κ1) is 15.7. The Balaban J connectivity index is 1.63. The first-order valence-electron chi connectivity index (χ1n) is 8.80. The van der Waals surface area contributed by atoms with E-state index in [0.29, 0.717) is 12.2 Å². The van der Waals surface area contributed by atoms with Gasteiger partial charge in [-0.05, 0) is 31.4 Å². The zero-order valence-electron chi connectivity index (χ0n) is 14.3. The Morgan fingerprint density at radius 1 is 1.28 bits per heavy atom. The molecule has 0 N–H and O–H groups in total. The number of Topliss-reactive ketones (excluding diaryl/α,β-unsaturated/α-hetero) is 1. The fourth-order valence-electron chi connectivity index (χ4n) is 3.47. The molecule has 4 heterocycles. The molecule has 1 aliphatic heterocycles. The molecular weight excluding hydrogens is 314 g/mol. The van der Waals surface area contributed by atoms with Crippen LogP contribution in [-0.4, -0.2) is 38.5 Å². The van der Waals surface area contributed by atoms with Crippen molar-refractivity contribution in [3.05, 3.63) is 54.1 Å². The lowest BCUT2D eigenvalue weighted by atomic mass is 9.92. The summed E-state index contributed by atoms with van der Waals surface area (Å²) in [6, 6.07) is 9.51. The molecule has 3 aromatic rings. The van der Waals surface area contributed by atoms with Gasteiger partial charge in [-0.25, -0.2) is 4.98 Å². The van der Waals surface area contributed by atoms with Crippen LogP contribution in [0.2, 0.25) is 0 Å². The molecule has 0 amide bonds. The van der Waals surface area contributed by atoms with Gasteiger partial charge in [0.05, 0.1) is 6.20 Å². The fourth-order valence-corrected chi connectivity index (χ4v) is 3.47. The van der Waals surface area contributed by atoms with Gasteiger partial charge >= 0.3 is 0 Å². The first-order chi connectivity index (χ1) is 12.3. The van der Waals surface area contributed by atoms with Crippen LogP contribution >= 0.6 is 0 Å². The van der Waals surface area contributed by atoms with Crippen molar-refractivity contribution in [2.24, 2.45) is 5.92 Å². The Labute approximate surface area is 146 Å². The molecule has 1 aliphatic rings. The second kappa shape index (κ2) is 6.63. The second-order valence-corrected chi connectivity index (χ2v) is 6.42. The number of hydrogen-bond acceptors (Lipinski definition) is 5. The Morgan fingerprint density at radius 3 is 3.00 bits per heavy atom. The highest BCUT2D eigenvalue weighted by atomic mass is 16.1. The third kappa shape index (κ3) is 2.99. The molecule has 25 heavy (non-hydrogen) atoms. The molecule has 6 heteroatoms. The van der Waals surface area contributed by atoms with E-state index < -0.39 is 0 Å². The number of rotatable bonds is 4. The van der Waals surface area contributed by atoms with Crippen LogP contribution in [0.1, 0.15) is 35.9 Å². The van der Waals surface area contributed by atoms with E-state index in [1.54, 1.807) is 18.5 Å². The average Bonchev–Trinajstić information content (AvgIpc) is 3.16. The van der Waals surface area contributed by atoms with Crippen LogP contribution in [0.5, 0.6) is 0 Å². The van der Waals surface area contributed by atoms with Crippen molar-refractivity contribution in [3.8, 4) is 0 Å². The third-order valence-corrected chi connectivity index (χ3v) is 4.79. The van der Waals surface area contributed by atoms with Gasteiger partial charge in [-0.1, -0.05) is 13.0 Å². The number of hydrogen-bond donors (Lipinski definition) is 0. The van der Waals surface area contributed by atoms with Gasteiger partial charge in [0.2, 0.25) is 0 Å². The van der Waals surface area contributed by atoms with E-state index in [1.165, 1.54) is 0 Å². The van der Waals surface area contributed by atoms with Crippen LogP contribution in [0.25, 0.3) is 5.65 Å². The van der Waals surface area contributed by atoms with Crippen molar-refractivity contribution < 1.29 is 4.79 Å². The number of piperidine rings is 1. The highest BCUT2D eigenvalue weighted by Gasteiger charge is 2.28. The SMILES string of the molecule is CCc1cc(N2CCC[C@H](C(=O)c3ccccn3)C2)n2nccc2n1. The van der Waals surface area contributed by atoms with Gasteiger partial charge in [-0.2, -0.15) is 9.61 Å². The summed E-state index contributed by atoms with van der Waals surface area (Å²) in [6.07, 6.45) is 6.21. The topological polar surface area (TPSA) is 63.4 Å². The van der Waals surface area contributed by atoms with Gasteiger partial charge in [-0.15, -0.1) is 0 Å². The van der Waals surface area contributed by atoms with E-state index in [0.717, 1.165) is 43.0 Å². The summed E-state index contributed by atoms with van der Waals surface area (Å²) < 4.78 is 1.87. The summed E-state index contributed by atoms with van der Waals surface area (Å²) in [6.45, 7) is 3.72. The highest BCUT2D eigenvalue weighted by molar-refractivity contribution is 5.96. The quantitative estimate of drug-likeness (QED) is 0.686. The van der Waals surface area contributed by atoms with E-state index in [4.69, 9.17) is 0 Å². The lowest BCUT2D eigenvalue weighted by Gasteiger charge is -2.33. The Hall–Kier alpha value is -2.76. The smallest absolute Gasteiger partial charge is 0.185 e. The monoisotopic (exact) mass is 335 g/mol. The lowest BCUT2D eigenvalue weighted by molar-refractivity contribution is 0.0902. The zero-order valence-corrected chi connectivity index (χ0v) is 14.3. The lowest BCUT2D eigenvalue weighted by Crippen LogP contribution is -2.40. The highest BCUT2D eigenvalue weighted by Crippen LogP contribution is 2.26. The Kier molecular flexibility index (Phi) is 4.17. The van der Waals surface area contributed by atoms with Crippen molar-refractivity contribution in [2.45, 2.75) is 26.2 Å². The number of aromatic nitrogens is 4. The van der Waals surface area contributed by atoms with Crippen LogP contribution in [0, 0.1) is 5.92 Å². The molecule has 0 radical (unpaired) electrons. The maximum absolute atomic E-state index is 12.8. The number of aryl methyl sites for hydroxylation is 1. The van der Waals surface area contributed by atoms with Crippen molar-refractivity contribution in [2.75, 3.05) is 18.0 Å². The molecule has 4 rings (SSSR count). The number of nitrogens with zero attached hydrogens (tertiary/aromatic N) is 5. The molecule has 3 aromatic heterocycles. The van der Waals surface area contributed by atoms with E-state index >= 15 is 0 Å². The Bertz CT molecular complexity index is 889. The summed E-state index contributed by atoms with van der Waals surface area (Å²) in [5.74, 6) is 1.12. The van der Waals surface area contributed by atoms with E-state index in [2.05, 4.69) is 33.0 Å². The summed E-state index contributed by atoms with van der Waals surface area (Å²) in [5, 5.41) is 4.41. The third-order valence-electron chi connectivity index (χ3n) is 4.79. The van der Waals surface area contributed by atoms with Crippen LogP contribution in [0.3, 0.4) is 0 Å². The molecule has 0 unspecified atom stereocenters. The first-order valence-corrected chi connectivity index (χ1v) is 8.80. The fraction of sp³-hybridized carbons (Fsp3) is 0.368. The van der Waals surface area contributed by atoms with Crippen molar-refractivity contribution in [1.29, 1.82) is 0 Å². The summed E-state index contributed by atoms with van der Waals surface area (Å²) in [5.41, 5.74) is 2.45. The molecule has 0 aliphatic carbocycles. The van der Waals surface area contributed by atoms with Gasteiger partial charge < -0.3 is 4.90 Å². The molecule has 0 aromatic carbocycles. The van der Waals surface area contributed by atoms with Gasteiger partial charge in [0.1, 0.15) is 11.5 Å². The summed E-state index contributed by atoms with van der Waals surface area (Å²) in [7, 11) is 0. The molecule has 0 saturated carbocycles. The zero-order chi connectivity index (χ0) is 17.2. The predicted octanol–water partition coefficient (Wildman–Crippen LogP) is 2.79. The molecule has 6 nitrogen and oxygen atoms in total. The largest absolute Gasteiger partial charge is 0.356 e. The van der Waals surface area contributed by atoms with E-state index in [-0.39, 0.29) is 11.7 Å². The summed E-state index contributed by atoms with van der Waals surface area (Å²) in [4.78, 5) is 23.9. The standard InChI is InChI=1S/C19H21N5O/c1-2-15-12-18(24-17(22-15)8-10-21-24)23-11-5-6-14(13-23)19(25)16-7-3-4-9-20-16/h3-4,7-10,12,14H,2,5-6,11,13H2,1H3/t14-/m0/s1. The normalized spacial score (nSPS) is 17.8. The van der Waals surface area contributed by atoms with Crippen molar-refractivity contribution in [1.82, 2.24) is 19.6 Å². The minimum absolute atomic E-state index is 0.0347. The van der Waals surface area contributed by atoms with Crippen LogP contribution < -0.4 is 4.90 Å². The van der Waals surface area contributed by atoms with E-state index in [9.17, 15) is 4.79 Å². The minimum atomic E-state index is -0.0347. The van der Waals surface area contributed by atoms with Gasteiger partial charge in [0.25, 0.3) is 0 Å². The number of anilines is 1. The van der Waals surface area contributed by atoms with Crippen LogP contribution in [0.15, 0.2) is 42.7 Å². The predicted molar refractivity (Wildman–Crippen MR) is 95.9 cm³/mol. The number of carbonyl (C=O) groups excluding carboxylic acids is 1. The van der Waals surface area contributed by atoms with Gasteiger partial charge in [0, 0.05) is 43.0 Å². The number of fused-ring (bicyclic) bond motifs is 1. The molecule has 128 valence electrons. The number of pyridine rings is 1. The maximum atomic E-state index is 12.8. The molecule has 1 saturated heterocycles. The second-order valence-electron chi connectivity index (χ2n) is 6.42. The van der Waals surface area contributed by atoms with Crippen LogP contribution in [0.4, 0.5) is 5.82 Å². The van der Waals surface area contributed by atoms with Crippen LogP contribution in [-0.2, 0) is 6.42 Å². The number of ketones is 1. The summed E-state index contributed by atoms with van der Waals surface area (Å²) >= 11 is 0. The van der Waals surface area contributed by atoms with Gasteiger partial charge in [-0.3, -0.25) is 9.78 Å². The van der Waals surface area contributed by atoms with E-state index in [1.807, 2.05) is 22.7 Å². The molecule has 1 fully saturated rings. The number of carbonyl (C=O) groups is 1.